The Bertz CT molecular complexity index is 1610. The van der Waals surface area contributed by atoms with Crippen LogP contribution in [0.3, 0.4) is 0 Å². The molecule has 0 amide bonds. The van der Waals surface area contributed by atoms with Crippen LogP contribution in [-0.2, 0) is 10.0 Å². The number of H-pyrrole nitrogens is 2. The first kappa shape index (κ1) is 22.6. The molecule has 3 aromatic carbocycles. The van der Waals surface area contributed by atoms with E-state index in [0.29, 0.717) is 21.8 Å². The van der Waals surface area contributed by atoms with Gasteiger partial charge in [0.05, 0.1) is 26.6 Å². The maximum atomic E-state index is 13.1. The summed E-state index contributed by atoms with van der Waals surface area (Å²) in [6, 6.07) is 15.5. The van der Waals surface area contributed by atoms with Crippen LogP contribution in [0.25, 0.3) is 22.2 Å². The van der Waals surface area contributed by atoms with Gasteiger partial charge in [0.25, 0.3) is 10.0 Å². The van der Waals surface area contributed by atoms with Gasteiger partial charge in [-0.05, 0) is 42.8 Å². The van der Waals surface area contributed by atoms with Crippen LogP contribution >= 0.6 is 11.6 Å². The first-order valence-electron chi connectivity index (χ1n) is 9.93. The summed E-state index contributed by atoms with van der Waals surface area (Å²) in [5, 5.41) is 0.390. The molecule has 1 aromatic heterocycles. The third-order valence-corrected chi connectivity index (χ3v) is 7.04. The molecule has 0 radical (unpaired) electrons. The van der Waals surface area contributed by atoms with Gasteiger partial charge < -0.3 is 14.9 Å². The number of benzene rings is 3. The number of aromatic nitrogens is 2. The van der Waals surface area contributed by atoms with Crippen LogP contribution in [0, 0.1) is 6.92 Å². The Balaban J connectivity index is 1.72. The Morgan fingerprint density at radius 2 is 1.52 bits per heavy atom. The van der Waals surface area contributed by atoms with Gasteiger partial charge in [-0.25, -0.2) is 8.42 Å². The van der Waals surface area contributed by atoms with Crippen LogP contribution in [0.2, 0.25) is 5.02 Å². The predicted molar refractivity (Wildman–Crippen MR) is 132 cm³/mol. The maximum absolute atomic E-state index is 13.1. The summed E-state index contributed by atoms with van der Waals surface area (Å²) in [6.45, 7) is 1.60. The second kappa shape index (κ2) is 8.42. The summed E-state index contributed by atoms with van der Waals surface area (Å²) in [5.74, 6) is 0. The monoisotopic (exact) mass is 484 g/mol. The van der Waals surface area contributed by atoms with Crippen molar-refractivity contribution in [2.45, 2.75) is 11.8 Å². The van der Waals surface area contributed by atoms with Crippen LogP contribution in [0.4, 0.5) is 11.4 Å². The smallest absolute Gasteiger partial charge is 0.314 e. The SMILES string of the molecule is Cc1cc2[nH]c(=O)c(=O)[nH]c2cc1S(=O)(=O)Nc1ccc(-c2ccccc2N(C)C)c(Cl)c1. The Morgan fingerprint density at radius 3 is 2.15 bits per heavy atom. The summed E-state index contributed by atoms with van der Waals surface area (Å²) >= 11 is 6.53. The molecular formula is C23H21ClN4O4S. The van der Waals surface area contributed by atoms with Gasteiger partial charge in [0.1, 0.15) is 0 Å². The molecule has 0 unspecified atom stereocenters. The third-order valence-electron chi connectivity index (χ3n) is 5.20. The third kappa shape index (κ3) is 4.37. The number of sulfonamides is 1. The van der Waals surface area contributed by atoms with Crippen LogP contribution in [0.5, 0.6) is 0 Å². The lowest BCUT2D eigenvalue weighted by atomic mass is 10.0. The van der Waals surface area contributed by atoms with E-state index in [4.69, 9.17) is 11.6 Å². The van der Waals surface area contributed by atoms with Gasteiger partial charge in [0.15, 0.2) is 0 Å². The lowest BCUT2D eigenvalue weighted by Gasteiger charge is -2.18. The highest BCUT2D eigenvalue weighted by Gasteiger charge is 2.20. The molecule has 0 saturated carbocycles. The molecule has 3 N–H and O–H groups in total. The van der Waals surface area contributed by atoms with Crippen molar-refractivity contribution in [1.29, 1.82) is 0 Å². The number of hydrogen-bond acceptors (Lipinski definition) is 5. The van der Waals surface area contributed by atoms with Gasteiger partial charge in [-0.3, -0.25) is 14.3 Å². The summed E-state index contributed by atoms with van der Waals surface area (Å²) < 4.78 is 28.7. The van der Waals surface area contributed by atoms with E-state index < -0.39 is 21.1 Å². The first-order valence-corrected chi connectivity index (χ1v) is 11.8. The zero-order chi connectivity index (χ0) is 23.9. The molecule has 33 heavy (non-hydrogen) atoms. The van der Waals surface area contributed by atoms with E-state index in [2.05, 4.69) is 14.7 Å². The molecule has 4 aromatic rings. The number of aromatic amines is 2. The number of nitrogens with one attached hydrogen (secondary N) is 3. The first-order chi connectivity index (χ1) is 15.6. The molecule has 0 aliphatic rings. The van der Waals surface area contributed by atoms with E-state index in [-0.39, 0.29) is 10.4 Å². The van der Waals surface area contributed by atoms with E-state index in [1.165, 1.54) is 12.1 Å². The normalized spacial score (nSPS) is 11.5. The highest BCUT2D eigenvalue weighted by atomic mass is 35.5. The summed E-state index contributed by atoms with van der Waals surface area (Å²) in [6.07, 6.45) is 0. The van der Waals surface area contributed by atoms with Gasteiger partial charge in [0, 0.05) is 30.9 Å². The Morgan fingerprint density at radius 1 is 0.879 bits per heavy atom. The van der Waals surface area contributed by atoms with Gasteiger partial charge in [-0.1, -0.05) is 35.9 Å². The number of nitrogens with zero attached hydrogens (tertiary/aromatic N) is 1. The van der Waals surface area contributed by atoms with Crippen molar-refractivity contribution in [3.8, 4) is 11.1 Å². The zero-order valence-electron chi connectivity index (χ0n) is 18.1. The van der Waals surface area contributed by atoms with Crippen molar-refractivity contribution in [3.05, 3.63) is 85.9 Å². The molecule has 0 aliphatic heterocycles. The number of rotatable bonds is 5. The van der Waals surface area contributed by atoms with E-state index in [0.717, 1.165) is 16.8 Å². The lowest BCUT2D eigenvalue weighted by molar-refractivity contribution is 0.600. The predicted octanol–water partition coefficient (Wildman–Crippen LogP) is 3.71. The number of para-hydroxylation sites is 1. The highest BCUT2D eigenvalue weighted by molar-refractivity contribution is 7.92. The van der Waals surface area contributed by atoms with Gasteiger partial charge in [0.2, 0.25) is 0 Å². The molecule has 10 heteroatoms. The fraction of sp³-hybridized carbons (Fsp3) is 0.130. The minimum Gasteiger partial charge on any atom is -0.377 e. The molecule has 170 valence electrons. The van der Waals surface area contributed by atoms with Crippen molar-refractivity contribution in [3.63, 3.8) is 0 Å². The Hall–Kier alpha value is -3.56. The molecule has 1 heterocycles. The van der Waals surface area contributed by atoms with Crippen LogP contribution < -0.4 is 20.7 Å². The second-order valence-corrected chi connectivity index (χ2v) is 9.84. The standard InChI is InChI=1S/C23H21ClN4O4S/c1-13-10-18-19(26-23(30)22(29)25-18)12-21(13)33(31,32)27-14-8-9-15(17(24)11-14)16-6-4-5-7-20(16)28(2)3/h4-12,27H,1-3H3,(H,25,29)(H,26,30). The van der Waals surface area contributed by atoms with Crippen LogP contribution in [0.15, 0.2) is 69.1 Å². The van der Waals surface area contributed by atoms with Crippen molar-refractivity contribution in [2.75, 3.05) is 23.7 Å². The van der Waals surface area contributed by atoms with Gasteiger partial charge >= 0.3 is 11.1 Å². The molecule has 0 fully saturated rings. The minimum atomic E-state index is -4.01. The molecular weight excluding hydrogens is 464 g/mol. The number of hydrogen-bond donors (Lipinski definition) is 3. The number of aryl methyl sites for hydroxylation is 1. The van der Waals surface area contributed by atoms with Crippen molar-refractivity contribution < 1.29 is 8.42 Å². The van der Waals surface area contributed by atoms with Crippen LogP contribution in [-0.4, -0.2) is 32.5 Å². The molecule has 0 atom stereocenters. The van der Waals surface area contributed by atoms with Gasteiger partial charge in [-0.2, -0.15) is 0 Å². The fourth-order valence-electron chi connectivity index (χ4n) is 3.64. The average molecular weight is 485 g/mol. The Kier molecular flexibility index (Phi) is 5.77. The minimum absolute atomic E-state index is 0.0316. The van der Waals surface area contributed by atoms with E-state index in [9.17, 15) is 18.0 Å². The number of anilines is 2. The lowest BCUT2D eigenvalue weighted by Crippen LogP contribution is -2.29. The number of fused-ring (bicyclic) bond motifs is 1. The summed E-state index contributed by atoms with van der Waals surface area (Å²) in [5.41, 5.74) is 2.25. The summed E-state index contributed by atoms with van der Waals surface area (Å²) in [4.78, 5) is 30.0. The van der Waals surface area contributed by atoms with E-state index >= 15 is 0 Å². The molecule has 0 aliphatic carbocycles. The van der Waals surface area contributed by atoms with Gasteiger partial charge in [-0.15, -0.1) is 0 Å². The fourth-order valence-corrected chi connectivity index (χ4v) is 5.23. The molecule has 0 spiro atoms. The molecule has 0 saturated heterocycles. The highest BCUT2D eigenvalue weighted by Crippen LogP contribution is 2.36. The Labute approximate surface area is 194 Å². The van der Waals surface area contributed by atoms with Crippen molar-refractivity contribution >= 4 is 44.0 Å². The quantitative estimate of drug-likeness (QED) is 0.373. The van der Waals surface area contributed by atoms with Crippen molar-refractivity contribution in [1.82, 2.24) is 9.97 Å². The summed E-state index contributed by atoms with van der Waals surface area (Å²) in [7, 11) is -0.136. The second-order valence-electron chi connectivity index (χ2n) is 7.78. The molecule has 0 bridgehead atoms. The zero-order valence-corrected chi connectivity index (χ0v) is 19.6. The largest absolute Gasteiger partial charge is 0.377 e. The topological polar surface area (TPSA) is 115 Å². The molecule has 8 nitrogen and oxygen atoms in total. The molecule has 4 rings (SSSR count). The van der Waals surface area contributed by atoms with E-state index in [1.807, 2.05) is 43.3 Å². The maximum Gasteiger partial charge on any atom is 0.314 e. The van der Waals surface area contributed by atoms with Crippen LogP contribution in [0.1, 0.15) is 5.56 Å². The van der Waals surface area contributed by atoms with Crippen molar-refractivity contribution in [2.24, 2.45) is 0 Å². The average Bonchev–Trinajstić information content (AvgIpc) is 2.74. The van der Waals surface area contributed by atoms with E-state index in [1.54, 1.807) is 25.1 Å². The number of halogens is 1.